The molecule has 5 rings (SSSR count). The van der Waals surface area contributed by atoms with Gasteiger partial charge in [-0.1, -0.05) is 54.1 Å². The molecule has 3 aromatic carbocycles. The number of halogens is 1. The highest BCUT2D eigenvalue weighted by Gasteiger charge is 2.16. The first-order valence-electron chi connectivity index (χ1n) is 8.64. The molecule has 2 heterocycles. The minimum Gasteiger partial charge on any atom is -0.276 e. The SMILES string of the molecule is Clc1ccc(-c2nc3ccccc3n2-c2cc(-c3ccccc3)[nH]n2)cc1. The fraction of sp³-hybridized carbons (Fsp3) is 0. The Morgan fingerprint density at radius 1 is 0.778 bits per heavy atom. The molecule has 5 heteroatoms. The normalized spacial score (nSPS) is 11.1. The van der Waals surface area contributed by atoms with Crippen molar-refractivity contribution in [3.8, 4) is 28.5 Å². The Bertz CT molecular complexity index is 1220. The first-order chi connectivity index (χ1) is 13.3. The highest BCUT2D eigenvalue weighted by molar-refractivity contribution is 6.30. The molecule has 0 bridgehead atoms. The number of fused-ring (bicyclic) bond motifs is 1. The summed E-state index contributed by atoms with van der Waals surface area (Å²) in [6.45, 7) is 0. The van der Waals surface area contributed by atoms with Crippen LogP contribution in [-0.2, 0) is 0 Å². The summed E-state index contributed by atoms with van der Waals surface area (Å²) in [6, 6.07) is 28.0. The van der Waals surface area contributed by atoms with Crippen LogP contribution in [0, 0.1) is 0 Å². The molecule has 27 heavy (non-hydrogen) atoms. The average molecular weight is 371 g/mol. The van der Waals surface area contributed by atoms with Crippen LogP contribution in [0.1, 0.15) is 0 Å². The molecule has 0 unspecified atom stereocenters. The number of benzene rings is 3. The summed E-state index contributed by atoms with van der Waals surface area (Å²) in [7, 11) is 0. The van der Waals surface area contributed by atoms with Crippen LogP contribution in [0.5, 0.6) is 0 Å². The molecule has 0 radical (unpaired) electrons. The van der Waals surface area contributed by atoms with Crippen LogP contribution in [0.3, 0.4) is 0 Å². The molecule has 5 aromatic rings. The van der Waals surface area contributed by atoms with Gasteiger partial charge in [-0.2, -0.15) is 5.10 Å². The molecule has 0 saturated carbocycles. The van der Waals surface area contributed by atoms with Crippen molar-refractivity contribution in [2.24, 2.45) is 0 Å². The van der Waals surface area contributed by atoms with Gasteiger partial charge in [-0.05, 0) is 42.0 Å². The highest BCUT2D eigenvalue weighted by Crippen LogP contribution is 2.30. The smallest absolute Gasteiger partial charge is 0.161 e. The van der Waals surface area contributed by atoms with Gasteiger partial charge in [0, 0.05) is 16.7 Å². The molecule has 0 spiro atoms. The maximum absolute atomic E-state index is 6.06. The van der Waals surface area contributed by atoms with E-state index in [-0.39, 0.29) is 0 Å². The minimum absolute atomic E-state index is 0.701. The molecule has 4 nitrogen and oxygen atoms in total. The zero-order chi connectivity index (χ0) is 18.2. The molecule has 0 aliphatic carbocycles. The number of hydrogen-bond acceptors (Lipinski definition) is 2. The van der Waals surface area contributed by atoms with E-state index in [1.807, 2.05) is 66.7 Å². The summed E-state index contributed by atoms with van der Waals surface area (Å²) in [5.41, 5.74) is 4.97. The van der Waals surface area contributed by atoms with Gasteiger partial charge in [-0.15, -0.1) is 0 Å². The number of aromatic nitrogens is 4. The fourth-order valence-electron chi connectivity index (χ4n) is 3.24. The van der Waals surface area contributed by atoms with Gasteiger partial charge in [0.05, 0.1) is 16.7 Å². The highest BCUT2D eigenvalue weighted by atomic mass is 35.5. The van der Waals surface area contributed by atoms with Crippen molar-refractivity contribution in [1.29, 1.82) is 0 Å². The minimum atomic E-state index is 0.701. The van der Waals surface area contributed by atoms with Crippen molar-refractivity contribution in [2.45, 2.75) is 0 Å². The largest absolute Gasteiger partial charge is 0.276 e. The van der Waals surface area contributed by atoms with Gasteiger partial charge in [0.1, 0.15) is 5.82 Å². The molecule has 0 atom stereocenters. The Hall–Kier alpha value is -3.37. The van der Waals surface area contributed by atoms with Gasteiger partial charge in [0.25, 0.3) is 0 Å². The van der Waals surface area contributed by atoms with E-state index in [9.17, 15) is 0 Å². The number of aromatic amines is 1. The molecule has 0 aliphatic heterocycles. The Morgan fingerprint density at radius 2 is 1.52 bits per heavy atom. The lowest BCUT2D eigenvalue weighted by Crippen LogP contribution is -1.98. The fourth-order valence-corrected chi connectivity index (χ4v) is 3.37. The zero-order valence-corrected chi connectivity index (χ0v) is 15.1. The van der Waals surface area contributed by atoms with Crippen molar-refractivity contribution in [1.82, 2.24) is 19.7 Å². The quantitative estimate of drug-likeness (QED) is 0.440. The Balaban J connectivity index is 1.72. The standard InChI is InChI=1S/C22H15ClN4/c23-17-12-10-16(11-13-17)22-24-18-8-4-5-9-20(18)27(22)21-14-19(25-26-21)15-6-2-1-3-7-15/h1-14H,(H,25,26). The number of rotatable bonds is 3. The summed E-state index contributed by atoms with van der Waals surface area (Å²) in [6.07, 6.45) is 0. The average Bonchev–Trinajstić information content (AvgIpc) is 3.34. The van der Waals surface area contributed by atoms with Gasteiger partial charge in [0.2, 0.25) is 0 Å². The van der Waals surface area contributed by atoms with Crippen molar-refractivity contribution >= 4 is 22.6 Å². The monoisotopic (exact) mass is 370 g/mol. The molecule has 2 aromatic heterocycles. The third kappa shape index (κ3) is 2.80. The van der Waals surface area contributed by atoms with Crippen molar-refractivity contribution in [3.05, 3.63) is 90.0 Å². The van der Waals surface area contributed by atoms with Crippen LogP contribution < -0.4 is 0 Å². The van der Waals surface area contributed by atoms with Gasteiger partial charge in [-0.3, -0.25) is 9.67 Å². The second kappa shape index (κ2) is 6.41. The van der Waals surface area contributed by atoms with Crippen LogP contribution in [-0.4, -0.2) is 19.7 Å². The summed E-state index contributed by atoms with van der Waals surface area (Å²) < 4.78 is 2.07. The number of nitrogens with one attached hydrogen (secondary N) is 1. The number of para-hydroxylation sites is 2. The van der Waals surface area contributed by atoms with Gasteiger partial charge < -0.3 is 0 Å². The van der Waals surface area contributed by atoms with Crippen LogP contribution in [0.25, 0.3) is 39.5 Å². The molecular formula is C22H15ClN4. The van der Waals surface area contributed by atoms with Crippen LogP contribution in [0.2, 0.25) is 5.02 Å². The predicted octanol–water partition coefficient (Wildman–Crippen LogP) is 5.74. The van der Waals surface area contributed by atoms with E-state index in [0.717, 1.165) is 39.5 Å². The van der Waals surface area contributed by atoms with E-state index in [4.69, 9.17) is 16.6 Å². The van der Waals surface area contributed by atoms with E-state index in [1.54, 1.807) is 0 Å². The molecular weight excluding hydrogens is 356 g/mol. The predicted molar refractivity (Wildman–Crippen MR) is 109 cm³/mol. The van der Waals surface area contributed by atoms with Crippen LogP contribution >= 0.6 is 11.6 Å². The molecule has 0 aliphatic rings. The van der Waals surface area contributed by atoms with E-state index in [0.29, 0.717) is 5.02 Å². The van der Waals surface area contributed by atoms with Gasteiger partial charge >= 0.3 is 0 Å². The maximum atomic E-state index is 6.06. The number of imidazole rings is 1. The van der Waals surface area contributed by atoms with E-state index < -0.39 is 0 Å². The van der Waals surface area contributed by atoms with Crippen molar-refractivity contribution in [3.63, 3.8) is 0 Å². The zero-order valence-electron chi connectivity index (χ0n) is 14.3. The third-order valence-corrected chi connectivity index (χ3v) is 4.79. The number of nitrogens with zero attached hydrogens (tertiary/aromatic N) is 3. The van der Waals surface area contributed by atoms with Crippen LogP contribution in [0.4, 0.5) is 0 Å². The lowest BCUT2D eigenvalue weighted by molar-refractivity contribution is 0.984. The topological polar surface area (TPSA) is 46.5 Å². The Labute approximate surface area is 161 Å². The van der Waals surface area contributed by atoms with Gasteiger partial charge in [0.15, 0.2) is 5.82 Å². The number of hydrogen-bond donors (Lipinski definition) is 1. The molecule has 0 saturated heterocycles. The number of H-pyrrole nitrogens is 1. The second-order valence-corrected chi connectivity index (χ2v) is 6.71. The Morgan fingerprint density at radius 3 is 2.33 bits per heavy atom. The first-order valence-corrected chi connectivity index (χ1v) is 9.02. The summed E-state index contributed by atoms with van der Waals surface area (Å²) in [5.74, 6) is 1.63. The molecule has 1 N–H and O–H groups in total. The van der Waals surface area contributed by atoms with E-state index >= 15 is 0 Å². The summed E-state index contributed by atoms with van der Waals surface area (Å²) in [4.78, 5) is 4.84. The molecule has 130 valence electrons. The van der Waals surface area contributed by atoms with Crippen molar-refractivity contribution in [2.75, 3.05) is 0 Å². The van der Waals surface area contributed by atoms with Gasteiger partial charge in [-0.25, -0.2) is 4.98 Å². The second-order valence-electron chi connectivity index (χ2n) is 6.27. The molecule has 0 amide bonds. The summed E-state index contributed by atoms with van der Waals surface area (Å²) in [5, 5.41) is 8.41. The third-order valence-electron chi connectivity index (χ3n) is 4.54. The lowest BCUT2D eigenvalue weighted by atomic mass is 10.1. The lowest BCUT2D eigenvalue weighted by Gasteiger charge is -2.06. The van der Waals surface area contributed by atoms with E-state index in [1.165, 1.54) is 0 Å². The van der Waals surface area contributed by atoms with E-state index in [2.05, 4.69) is 33.0 Å². The molecule has 0 fully saturated rings. The van der Waals surface area contributed by atoms with Crippen molar-refractivity contribution < 1.29 is 0 Å². The maximum Gasteiger partial charge on any atom is 0.161 e. The summed E-state index contributed by atoms with van der Waals surface area (Å²) >= 11 is 6.06. The van der Waals surface area contributed by atoms with Crippen LogP contribution in [0.15, 0.2) is 84.9 Å². The Kier molecular flexibility index (Phi) is 3.77. The first kappa shape index (κ1) is 15.9.